The second-order valence-corrected chi connectivity index (χ2v) is 6.07. The minimum atomic E-state index is -0.781. The smallest absolute Gasteiger partial charge is 0.307 e. The highest BCUT2D eigenvalue weighted by molar-refractivity contribution is 5.70. The Labute approximate surface area is 124 Å². The Balaban J connectivity index is 1.68. The number of benzene rings is 1. The summed E-state index contributed by atoms with van der Waals surface area (Å²) < 4.78 is 14.2. The number of aliphatic carboxylic acids is 1. The molecule has 2 fully saturated rings. The molecule has 5 heteroatoms. The molecule has 4 nitrogen and oxygen atoms in total. The molecule has 0 amide bonds. The number of likely N-dealkylation sites (tertiary alicyclic amines) is 1. The van der Waals surface area contributed by atoms with Gasteiger partial charge in [0.05, 0.1) is 5.92 Å². The molecule has 2 aliphatic heterocycles. The van der Waals surface area contributed by atoms with Gasteiger partial charge < -0.3 is 10.4 Å². The molecule has 2 unspecified atom stereocenters. The molecule has 2 N–H and O–H groups in total. The maximum absolute atomic E-state index is 14.2. The van der Waals surface area contributed by atoms with Gasteiger partial charge in [-0.1, -0.05) is 12.1 Å². The van der Waals surface area contributed by atoms with Crippen LogP contribution in [0.3, 0.4) is 0 Å². The second-order valence-electron chi connectivity index (χ2n) is 6.07. The number of rotatable bonds is 4. The number of carboxylic acids is 1. The van der Waals surface area contributed by atoms with Crippen molar-refractivity contribution in [2.24, 2.45) is 5.92 Å². The summed E-state index contributed by atoms with van der Waals surface area (Å²) in [5.41, 5.74) is 1.58. The van der Waals surface area contributed by atoms with Crippen molar-refractivity contribution < 1.29 is 14.3 Å². The van der Waals surface area contributed by atoms with Crippen LogP contribution in [0.2, 0.25) is 0 Å². The molecule has 2 saturated heterocycles. The average Bonchev–Trinajstić information content (AvgIpc) is 3.12. The van der Waals surface area contributed by atoms with Crippen molar-refractivity contribution in [3.05, 3.63) is 35.1 Å². The van der Waals surface area contributed by atoms with E-state index in [1.54, 1.807) is 6.07 Å². The zero-order valence-electron chi connectivity index (χ0n) is 12.0. The number of halogens is 1. The molecule has 2 heterocycles. The van der Waals surface area contributed by atoms with E-state index in [-0.39, 0.29) is 17.8 Å². The van der Waals surface area contributed by atoms with Crippen molar-refractivity contribution >= 4 is 5.97 Å². The van der Waals surface area contributed by atoms with Crippen molar-refractivity contribution in [3.8, 4) is 0 Å². The summed E-state index contributed by atoms with van der Waals surface area (Å²) in [6.07, 6.45) is 2.92. The Hall–Kier alpha value is -1.46. The predicted molar refractivity (Wildman–Crippen MR) is 77.4 cm³/mol. The summed E-state index contributed by atoms with van der Waals surface area (Å²) >= 11 is 0. The zero-order valence-corrected chi connectivity index (χ0v) is 12.0. The van der Waals surface area contributed by atoms with E-state index in [0.29, 0.717) is 19.5 Å². The molecule has 0 radical (unpaired) electrons. The Morgan fingerprint density at radius 3 is 2.76 bits per heavy atom. The highest BCUT2D eigenvalue weighted by atomic mass is 19.1. The Morgan fingerprint density at radius 2 is 2.14 bits per heavy atom. The monoisotopic (exact) mass is 292 g/mol. The van der Waals surface area contributed by atoms with Gasteiger partial charge in [-0.15, -0.1) is 0 Å². The van der Waals surface area contributed by atoms with Crippen LogP contribution in [0.25, 0.3) is 0 Å². The Kier molecular flexibility index (Phi) is 4.22. The molecule has 1 aromatic carbocycles. The zero-order chi connectivity index (χ0) is 14.8. The van der Waals surface area contributed by atoms with Crippen LogP contribution >= 0.6 is 0 Å². The lowest BCUT2D eigenvalue weighted by atomic mass is 9.99. The van der Waals surface area contributed by atoms with Gasteiger partial charge in [0.15, 0.2) is 0 Å². The highest BCUT2D eigenvalue weighted by Crippen LogP contribution is 2.28. The van der Waals surface area contributed by atoms with Gasteiger partial charge in [0.1, 0.15) is 5.82 Å². The number of hydrogen-bond acceptors (Lipinski definition) is 3. The van der Waals surface area contributed by atoms with Crippen LogP contribution in [0.5, 0.6) is 0 Å². The standard InChI is InChI=1S/C16H21FN2O2/c17-14-7-11(15-8-13(9-18-15)16(20)21)3-4-12(14)10-19-5-1-2-6-19/h3-4,7,13,15,18H,1-2,5-6,8-10H2,(H,20,21). The van der Waals surface area contributed by atoms with Crippen molar-refractivity contribution in [1.29, 1.82) is 0 Å². The molecule has 0 bridgehead atoms. The molecule has 1 aromatic rings. The van der Waals surface area contributed by atoms with Gasteiger partial charge in [0, 0.05) is 24.7 Å². The lowest BCUT2D eigenvalue weighted by molar-refractivity contribution is -0.141. The summed E-state index contributed by atoms with van der Waals surface area (Å²) in [4.78, 5) is 13.2. The van der Waals surface area contributed by atoms with Gasteiger partial charge in [-0.05, 0) is 44.0 Å². The normalized spacial score (nSPS) is 26.3. The van der Waals surface area contributed by atoms with E-state index in [0.717, 1.165) is 24.2 Å². The van der Waals surface area contributed by atoms with E-state index in [2.05, 4.69) is 10.2 Å². The lowest BCUT2D eigenvalue weighted by Gasteiger charge is -2.17. The molecule has 3 rings (SSSR count). The highest BCUT2D eigenvalue weighted by Gasteiger charge is 2.30. The fraction of sp³-hybridized carbons (Fsp3) is 0.562. The molecule has 0 saturated carbocycles. The minimum absolute atomic E-state index is 0.0542. The van der Waals surface area contributed by atoms with Crippen molar-refractivity contribution in [3.63, 3.8) is 0 Å². The molecule has 114 valence electrons. The van der Waals surface area contributed by atoms with Gasteiger partial charge in [-0.2, -0.15) is 0 Å². The van der Waals surface area contributed by atoms with Crippen molar-refractivity contribution in [2.75, 3.05) is 19.6 Å². The van der Waals surface area contributed by atoms with Crippen LogP contribution in [0.15, 0.2) is 18.2 Å². The fourth-order valence-electron chi connectivity index (χ4n) is 3.27. The number of carboxylic acid groups (broad SMARTS) is 1. The SMILES string of the molecule is O=C(O)C1CNC(c2ccc(CN3CCCC3)c(F)c2)C1. The summed E-state index contributed by atoms with van der Waals surface area (Å²) in [6, 6.07) is 5.28. The number of carbonyl (C=O) groups is 1. The predicted octanol–water partition coefficient (Wildman–Crippen LogP) is 2.16. The van der Waals surface area contributed by atoms with Crippen molar-refractivity contribution in [2.45, 2.75) is 31.8 Å². The largest absolute Gasteiger partial charge is 0.481 e. The van der Waals surface area contributed by atoms with E-state index in [1.165, 1.54) is 12.8 Å². The van der Waals surface area contributed by atoms with E-state index >= 15 is 0 Å². The molecule has 0 spiro atoms. The quantitative estimate of drug-likeness (QED) is 0.893. The third kappa shape index (κ3) is 3.24. The van der Waals surface area contributed by atoms with Crippen LogP contribution in [0.4, 0.5) is 4.39 Å². The molecule has 0 aliphatic carbocycles. The van der Waals surface area contributed by atoms with E-state index < -0.39 is 5.97 Å². The summed E-state index contributed by atoms with van der Waals surface area (Å²) in [5.74, 6) is -1.33. The van der Waals surface area contributed by atoms with Crippen molar-refractivity contribution in [1.82, 2.24) is 10.2 Å². The first-order valence-electron chi connectivity index (χ1n) is 7.60. The van der Waals surface area contributed by atoms with Gasteiger partial charge in [0.25, 0.3) is 0 Å². The number of nitrogens with zero attached hydrogens (tertiary/aromatic N) is 1. The first-order chi connectivity index (χ1) is 10.1. The molecule has 0 aromatic heterocycles. The number of nitrogens with one attached hydrogen (secondary N) is 1. The molecular formula is C16H21FN2O2. The van der Waals surface area contributed by atoms with E-state index in [4.69, 9.17) is 5.11 Å². The van der Waals surface area contributed by atoms with E-state index in [9.17, 15) is 9.18 Å². The van der Waals surface area contributed by atoms with Gasteiger partial charge in [-0.3, -0.25) is 9.69 Å². The third-order valence-electron chi connectivity index (χ3n) is 4.55. The van der Waals surface area contributed by atoms with Crippen LogP contribution in [0, 0.1) is 11.7 Å². The average molecular weight is 292 g/mol. The van der Waals surface area contributed by atoms with Crippen LogP contribution in [-0.2, 0) is 11.3 Å². The number of hydrogen-bond donors (Lipinski definition) is 2. The van der Waals surface area contributed by atoms with Crippen LogP contribution in [-0.4, -0.2) is 35.6 Å². The molecule has 2 aliphatic rings. The van der Waals surface area contributed by atoms with Gasteiger partial charge >= 0.3 is 5.97 Å². The lowest BCUT2D eigenvalue weighted by Crippen LogP contribution is -2.19. The van der Waals surface area contributed by atoms with Gasteiger partial charge in [0.2, 0.25) is 0 Å². The second kappa shape index (κ2) is 6.12. The molecular weight excluding hydrogens is 271 g/mol. The summed E-state index contributed by atoms with van der Waals surface area (Å²) in [6.45, 7) is 3.22. The maximum Gasteiger partial charge on any atom is 0.307 e. The fourth-order valence-corrected chi connectivity index (χ4v) is 3.27. The topological polar surface area (TPSA) is 52.6 Å². The molecule has 2 atom stereocenters. The minimum Gasteiger partial charge on any atom is -0.481 e. The summed E-state index contributed by atoms with van der Waals surface area (Å²) in [7, 11) is 0. The van der Waals surface area contributed by atoms with E-state index in [1.807, 2.05) is 12.1 Å². The Bertz CT molecular complexity index is 529. The third-order valence-corrected chi connectivity index (χ3v) is 4.55. The van der Waals surface area contributed by atoms with Crippen LogP contribution in [0.1, 0.15) is 36.4 Å². The Morgan fingerprint density at radius 1 is 1.38 bits per heavy atom. The first kappa shape index (κ1) is 14.5. The van der Waals surface area contributed by atoms with Crippen LogP contribution < -0.4 is 5.32 Å². The van der Waals surface area contributed by atoms with Gasteiger partial charge in [-0.25, -0.2) is 4.39 Å². The maximum atomic E-state index is 14.2. The first-order valence-corrected chi connectivity index (χ1v) is 7.60. The molecule has 21 heavy (non-hydrogen) atoms. The summed E-state index contributed by atoms with van der Waals surface area (Å²) in [5, 5.41) is 12.2.